The van der Waals surface area contributed by atoms with Crippen molar-refractivity contribution in [1.82, 2.24) is 15.0 Å². The van der Waals surface area contributed by atoms with Gasteiger partial charge in [-0.05, 0) is 68.8 Å². The van der Waals surface area contributed by atoms with E-state index in [1.807, 2.05) is 31.2 Å². The van der Waals surface area contributed by atoms with Crippen molar-refractivity contribution in [2.75, 3.05) is 25.0 Å². The van der Waals surface area contributed by atoms with E-state index in [-0.39, 0.29) is 17.8 Å². The average molecular weight is 541 g/mol. The summed E-state index contributed by atoms with van der Waals surface area (Å²) in [4.78, 5) is 31.5. The maximum Gasteiger partial charge on any atom is 0.338 e. The van der Waals surface area contributed by atoms with Crippen LogP contribution in [0.1, 0.15) is 48.9 Å². The Morgan fingerprint density at radius 3 is 2.66 bits per heavy atom. The molecule has 3 aromatic rings. The second-order valence-electron chi connectivity index (χ2n) is 8.63. The van der Waals surface area contributed by atoms with Crippen LogP contribution in [0, 0.1) is 5.92 Å². The molecule has 0 unspecified atom stereocenters. The first-order valence-electron chi connectivity index (χ1n) is 11.9. The number of nitrogens with one attached hydrogen (secondary N) is 1. The molecule has 1 aromatic heterocycles. The van der Waals surface area contributed by atoms with Crippen LogP contribution in [0.3, 0.4) is 0 Å². The summed E-state index contributed by atoms with van der Waals surface area (Å²) >= 11 is 3.46. The molecule has 1 aliphatic rings. The van der Waals surface area contributed by atoms with E-state index in [2.05, 4.69) is 36.3 Å². The number of esters is 1. The van der Waals surface area contributed by atoms with Crippen LogP contribution in [-0.2, 0) is 16.1 Å². The van der Waals surface area contributed by atoms with E-state index in [0.717, 1.165) is 48.8 Å². The summed E-state index contributed by atoms with van der Waals surface area (Å²) in [5.41, 5.74) is 2.05. The maximum atomic E-state index is 12.7. The summed E-state index contributed by atoms with van der Waals surface area (Å²) in [7, 11) is 0. The SMILES string of the molecule is CCCCOC(=O)c1ccc(NC(=O)C2CCN(Cc3nc(-c4cccc(Br)c4)no3)CC2)cc1. The lowest BCUT2D eigenvalue weighted by molar-refractivity contribution is -0.121. The van der Waals surface area contributed by atoms with Crippen LogP contribution in [0.15, 0.2) is 57.5 Å². The zero-order valence-electron chi connectivity index (χ0n) is 19.7. The molecule has 8 nitrogen and oxygen atoms in total. The molecule has 0 radical (unpaired) electrons. The number of unbranched alkanes of at least 4 members (excludes halogenated alkanes) is 1. The van der Waals surface area contributed by atoms with Crippen LogP contribution in [0.2, 0.25) is 0 Å². The Hall–Kier alpha value is -3.04. The quantitative estimate of drug-likeness (QED) is 0.290. The zero-order chi connectivity index (χ0) is 24.6. The summed E-state index contributed by atoms with van der Waals surface area (Å²) < 4.78 is 11.6. The van der Waals surface area contributed by atoms with Gasteiger partial charge in [0, 0.05) is 21.6 Å². The Morgan fingerprint density at radius 2 is 1.94 bits per heavy atom. The van der Waals surface area contributed by atoms with Crippen molar-refractivity contribution in [2.24, 2.45) is 5.92 Å². The largest absolute Gasteiger partial charge is 0.462 e. The first-order chi connectivity index (χ1) is 17.0. The Balaban J connectivity index is 1.23. The molecule has 184 valence electrons. The highest BCUT2D eigenvalue weighted by Gasteiger charge is 2.26. The van der Waals surface area contributed by atoms with Crippen molar-refractivity contribution < 1.29 is 18.8 Å². The molecule has 0 atom stereocenters. The fraction of sp³-hybridized carbons (Fsp3) is 0.385. The molecule has 4 rings (SSSR count). The molecule has 2 aromatic carbocycles. The number of ether oxygens (including phenoxy) is 1. The third kappa shape index (κ3) is 6.99. The number of amides is 1. The number of carbonyl (C=O) groups excluding carboxylic acids is 2. The molecule has 9 heteroatoms. The fourth-order valence-electron chi connectivity index (χ4n) is 3.93. The van der Waals surface area contributed by atoms with E-state index in [4.69, 9.17) is 9.26 Å². The summed E-state index contributed by atoms with van der Waals surface area (Å²) in [6.07, 6.45) is 3.32. The van der Waals surface area contributed by atoms with Gasteiger partial charge < -0.3 is 14.6 Å². The lowest BCUT2D eigenvalue weighted by Crippen LogP contribution is -2.37. The minimum absolute atomic E-state index is 0.00217. The van der Waals surface area contributed by atoms with Crippen molar-refractivity contribution in [2.45, 2.75) is 39.2 Å². The van der Waals surface area contributed by atoms with Gasteiger partial charge >= 0.3 is 5.97 Å². The van der Waals surface area contributed by atoms with Gasteiger partial charge in [-0.1, -0.05) is 46.6 Å². The Kier molecular flexibility index (Phi) is 8.65. The molecule has 35 heavy (non-hydrogen) atoms. The number of anilines is 1. The second-order valence-corrected chi connectivity index (χ2v) is 9.54. The van der Waals surface area contributed by atoms with Gasteiger partial charge in [0.25, 0.3) is 0 Å². The van der Waals surface area contributed by atoms with Gasteiger partial charge in [0.2, 0.25) is 17.6 Å². The molecule has 0 bridgehead atoms. The molecule has 1 fully saturated rings. The van der Waals surface area contributed by atoms with Crippen molar-refractivity contribution >= 4 is 33.5 Å². The minimum Gasteiger partial charge on any atom is -0.462 e. The number of piperidine rings is 1. The predicted octanol–water partition coefficient (Wildman–Crippen LogP) is 5.31. The molecule has 2 heterocycles. The Bertz CT molecular complexity index is 1140. The number of hydrogen-bond acceptors (Lipinski definition) is 7. The molecule has 0 aliphatic carbocycles. The summed E-state index contributed by atoms with van der Waals surface area (Å²) in [6.45, 7) is 4.57. The third-order valence-electron chi connectivity index (χ3n) is 5.99. The lowest BCUT2D eigenvalue weighted by atomic mass is 9.96. The van der Waals surface area contributed by atoms with Gasteiger partial charge in [-0.3, -0.25) is 9.69 Å². The standard InChI is InChI=1S/C26H29BrN4O4/c1-2-3-15-34-26(33)19-7-9-22(10-8-19)28-25(32)18-11-13-31(14-12-18)17-23-29-24(30-35-23)20-5-4-6-21(27)16-20/h4-10,16,18H,2-3,11-15,17H2,1H3,(H,28,32). The van der Waals surface area contributed by atoms with Crippen LogP contribution in [0.25, 0.3) is 11.4 Å². The van der Waals surface area contributed by atoms with Gasteiger partial charge in [0.1, 0.15) is 0 Å². The van der Waals surface area contributed by atoms with Crippen LogP contribution in [-0.4, -0.2) is 46.6 Å². The van der Waals surface area contributed by atoms with E-state index in [1.165, 1.54) is 0 Å². The summed E-state index contributed by atoms with van der Waals surface area (Å²) in [6, 6.07) is 14.6. The van der Waals surface area contributed by atoms with E-state index < -0.39 is 0 Å². The molecule has 0 spiro atoms. The van der Waals surface area contributed by atoms with E-state index in [9.17, 15) is 9.59 Å². The highest BCUT2D eigenvalue weighted by Crippen LogP contribution is 2.23. The lowest BCUT2D eigenvalue weighted by Gasteiger charge is -2.30. The van der Waals surface area contributed by atoms with Gasteiger partial charge in [0.15, 0.2) is 0 Å². The smallest absolute Gasteiger partial charge is 0.338 e. The monoisotopic (exact) mass is 540 g/mol. The number of rotatable bonds is 9. The second kappa shape index (κ2) is 12.1. The predicted molar refractivity (Wildman–Crippen MR) is 136 cm³/mol. The number of benzene rings is 2. The first kappa shape index (κ1) is 25.1. The number of carbonyl (C=O) groups is 2. The summed E-state index contributed by atoms with van der Waals surface area (Å²) in [5, 5.41) is 7.06. The summed E-state index contributed by atoms with van der Waals surface area (Å²) in [5.74, 6) is 0.725. The van der Waals surface area contributed by atoms with E-state index >= 15 is 0 Å². The van der Waals surface area contributed by atoms with Crippen molar-refractivity contribution in [3.05, 3.63) is 64.5 Å². The Labute approximate surface area is 213 Å². The highest BCUT2D eigenvalue weighted by atomic mass is 79.9. The van der Waals surface area contributed by atoms with Crippen molar-refractivity contribution in [3.8, 4) is 11.4 Å². The number of nitrogens with zero attached hydrogens (tertiary/aromatic N) is 3. The van der Waals surface area contributed by atoms with Crippen molar-refractivity contribution in [1.29, 1.82) is 0 Å². The van der Waals surface area contributed by atoms with Crippen LogP contribution >= 0.6 is 15.9 Å². The van der Waals surface area contributed by atoms with Gasteiger partial charge in [0.05, 0.1) is 18.7 Å². The van der Waals surface area contributed by atoms with Gasteiger partial charge in [-0.15, -0.1) is 0 Å². The molecule has 1 N–H and O–H groups in total. The number of hydrogen-bond donors (Lipinski definition) is 1. The fourth-order valence-corrected chi connectivity index (χ4v) is 4.33. The molecule has 1 aliphatic heterocycles. The zero-order valence-corrected chi connectivity index (χ0v) is 21.3. The Morgan fingerprint density at radius 1 is 1.17 bits per heavy atom. The molecular formula is C26H29BrN4O4. The number of halogens is 1. The van der Waals surface area contributed by atoms with Crippen LogP contribution in [0.5, 0.6) is 0 Å². The van der Waals surface area contributed by atoms with E-state index in [1.54, 1.807) is 24.3 Å². The minimum atomic E-state index is -0.339. The highest BCUT2D eigenvalue weighted by molar-refractivity contribution is 9.10. The molecule has 0 saturated carbocycles. The van der Waals surface area contributed by atoms with Crippen molar-refractivity contribution in [3.63, 3.8) is 0 Å². The third-order valence-corrected chi connectivity index (χ3v) is 6.48. The maximum absolute atomic E-state index is 12.7. The van der Waals surface area contributed by atoms with E-state index in [0.29, 0.717) is 36.1 Å². The number of likely N-dealkylation sites (tertiary alicyclic amines) is 1. The molecule has 1 saturated heterocycles. The van der Waals surface area contributed by atoms with Crippen LogP contribution < -0.4 is 5.32 Å². The average Bonchev–Trinajstić information content (AvgIpc) is 3.33. The first-order valence-corrected chi connectivity index (χ1v) is 12.7. The van der Waals surface area contributed by atoms with Crippen LogP contribution in [0.4, 0.5) is 5.69 Å². The normalized spacial score (nSPS) is 14.6. The van der Waals surface area contributed by atoms with Gasteiger partial charge in [-0.25, -0.2) is 4.79 Å². The van der Waals surface area contributed by atoms with Gasteiger partial charge in [-0.2, -0.15) is 4.98 Å². The molecular weight excluding hydrogens is 512 g/mol. The number of aromatic nitrogens is 2. The topological polar surface area (TPSA) is 97.6 Å². The molecule has 1 amide bonds.